The summed E-state index contributed by atoms with van der Waals surface area (Å²) in [6.07, 6.45) is 1.36. The lowest BCUT2D eigenvalue weighted by Gasteiger charge is -1.90. The molecule has 0 aliphatic carbocycles. The van der Waals surface area contributed by atoms with Crippen molar-refractivity contribution in [3.05, 3.63) is 17.2 Å². The molecule has 4 nitrogen and oxygen atoms in total. The number of esters is 1. The lowest BCUT2D eigenvalue weighted by Crippen LogP contribution is -1.92. The number of nitrogens with two attached hydrogens (primary N) is 1. The van der Waals surface area contributed by atoms with E-state index in [1.807, 2.05) is 6.92 Å². The van der Waals surface area contributed by atoms with Crippen molar-refractivity contribution in [1.29, 1.82) is 0 Å². The zero-order valence-corrected chi connectivity index (χ0v) is 9.45. The Kier molecular flexibility index (Phi) is 3.97. The Morgan fingerprint density at radius 1 is 1.71 bits per heavy atom. The molecule has 0 atom stereocenters. The lowest BCUT2D eigenvalue weighted by atomic mass is 10.6. The van der Waals surface area contributed by atoms with E-state index in [1.54, 1.807) is 5.41 Å². The van der Waals surface area contributed by atoms with Crippen LogP contribution in [0.5, 0.6) is 0 Å². The highest BCUT2D eigenvalue weighted by Gasteiger charge is 2.03. The number of hydrogen-bond acceptors (Lipinski definition) is 6. The first kappa shape index (κ1) is 11.1. The largest absolute Gasteiger partial charge is 0.466 e. The molecule has 76 valence electrons. The first-order valence-corrected chi connectivity index (χ1v) is 5.47. The van der Waals surface area contributed by atoms with E-state index in [2.05, 4.69) is 9.72 Å². The van der Waals surface area contributed by atoms with E-state index in [1.165, 1.54) is 36.3 Å². The topological polar surface area (TPSA) is 65.2 Å². The smallest absolute Gasteiger partial charge is 0.330 e. The summed E-state index contributed by atoms with van der Waals surface area (Å²) in [5.74, 6) is -0.368. The summed E-state index contributed by atoms with van der Waals surface area (Å²) < 4.78 is 5.44. The van der Waals surface area contributed by atoms with Crippen LogP contribution in [0.15, 0.2) is 15.7 Å². The van der Waals surface area contributed by atoms with Crippen LogP contribution in [0.1, 0.15) is 5.69 Å². The van der Waals surface area contributed by atoms with Crippen LogP contribution in [0, 0.1) is 6.92 Å². The van der Waals surface area contributed by atoms with Crippen molar-refractivity contribution in [2.24, 2.45) is 0 Å². The number of hydrogen-bond donors (Lipinski definition) is 1. The number of methoxy groups -OCH3 is 1. The monoisotopic (exact) mass is 230 g/mol. The number of ether oxygens (including phenoxy) is 1. The van der Waals surface area contributed by atoms with Gasteiger partial charge in [-0.05, 0) is 12.3 Å². The van der Waals surface area contributed by atoms with E-state index < -0.39 is 0 Å². The SMILES string of the molecule is COC(=O)C=CSc1sc(N)nc1C. The molecule has 0 saturated heterocycles. The Balaban J connectivity index is 2.57. The number of thioether (sulfide) groups is 1. The van der Waals surface area contributed by atoms with E-state index in [0.29, 0.717) is 5.13 Å². The van der Waals surface area contributed by atoms with Crippen molar-refractivity contribution in [3.63, 3.8) is 0 Å². The Morgan fingerprint density at radius 3 is 2.93 bits per heavy atom. The molecular weight excluding hydrogens is 220 g/mol. The Bertz CT molecular complexity index is 360. The van der Waals surface area contributed by atoms with Crippen LogP contribution in [0.4, 0.5) is 5.13 Å². The van der Waals surface area contributed by atoms with Crippen molar-refractivity contribution in [3.8, 4) is 0 Å². The molecule has 1 aromatic heterocycles. The van der Waals surface area contributed by atoms with Gasteiger partial charge in [0.25, 0.3) is 0 Å². The zero-order chi connectivity index (χ0) is 10.6. The molecule has 0 aliphatic rings. The summed E-state index contributed by atoms with van der Waals surface area (Å²) in [7, 11) is 1.34. The van der Waals surface area contributed by atoms with Gasteiger partial charge in [-0.25, -0.2) is 9.78 Å². The van der Waals surface area contributed by atoms with E-state index in [-0.39, 0.29) is 5.97 Å². The molecule has 1 heterocycles. The van der Waals surface area contributed by atoms with Gasteiger partial charge in [0.1, 0.15) is 0 Å². The highest BCUT2D eigenvalue weighted by atomic mass is 32.2. The second-order valence-electron chi connectivity index (χ2n) is 2.37. The number of nitrogens with zero attached hydrogens (tertiary/aromatic N) is 1. The number of carbonyl (C=O) groups excluding carboxylic acids is 1. The summed E-state index contributed by atoms with van der Waals surface area (Å²) >= 11 is 2.81. The fourth-order valence-electron chi connectivity index (χ4n) is 0.731. The van der Waals surface area contributed by atoms with E-state index in [4.69, 9.17) is 5.73 Å². The van der Waals surface area contributed by atoms with E-state index in [0.717, 1.165) is 9.90 Å². The molecule has 0 saturated carbocycles. The third-order valence-corrected chi connectivity index (χ3v) is 3.45. The Hall–Kier alpha value is -1.01. The number of aromatic nitrogens is 1. The van der Waals surface area contributed by atoms with Gasteiger partial charge in [-0.1, -0.05) is 23.1 Å². The van der Waals surface area contributed by atoms with Gasteiger partial charge in [-0.3, -0.25) is 0 Å². The van der Waals surface area contributed by atoms with Gasteiger partial charge in [0.2, 0.25) is 0 Å². The van der Waals surface area contributed by atoms with Crippen molar-refractivity contribution in [1.82, 2.24) is 4.98 Å². The molecular formula is C8H10N2O2S2. The molecule has 0 amide bonds. The predicted octanol–water partition coefficient (Wildman–Crippen LogP) is 1.81. The summed E-state index contributed by atoms with van der Waals surface area (Å²) in [5.41, 5.74) is 6.40. The highest BCUT2D eigenvalue weighted by Crippen LogP contribution is 2.30. The number of rotatable bonds is 3. The van der Waals surface area contributed by atoms with Gasteiger partial charge in [0, 0.05) is 6.08 Å². The second kappa shape index (κ2) is 5.02. The van der Waals surface area contributed by atoms with E-state index in [9.17, 15) is 4.79 Å². The maximum absolute atomic E-state index is 10.7. The van der Waals surface area contributed by atoms with Crippen LogP contribution in [-0.2, 0) is 9.53 Å². The van der Waals surface area contributed by atoms with Gasteiger partial charge >= 0.3 is 5.97 Å². The van der Waals surface area contributed by atoms with Crippen molar-refractivity contribution in [2.75, 3.05) is 12.8 Å². The first-order valence-electron chi connectivity index (χ1n) is 3.77. The third kappa shape index (κ3) is 3.04. The zero-order valence-electron chi connectivity index (χ0n) is 7.81. The van der Waals surface area contributed by atoms with Gasteiger partial charge in [-0.2, -0.15) is 0 Å². The minimum Gasteiger partial charge on any atom is -0.466 e. The van der Waals surface area contributed by atoms with Gasteiger partial charge < -0.3 is 10.5 Å². The van der Waals surface area contributed by atoms with Crippen LogP contribution in [-0.4, -0.2) is 18.1 Å². The van der Waals surface area contributed by atoms with Gasteiger partial charge in [0.15, 0.2) is 5.13 Å². The number of anilines is 1. The molecule has 14 heavy (non-hydrogen) atoms. The van der Waals surface area contributed by atoms with Crippen LogP contribution >= 0.6 is 23.1 Å². The molecule has 0 unspecified atom stereocenters. The summed E-state index contributed by atoms with van der Waals surface area (Å²) in [6.45, 7) is 1.88. The maximum Gasteiger partial charge on any atom is 0.330 e. The predicted molar refractivity (Wildman–Crippen MR) is 58.3 cm³/mol. The van der Waals surface area contributed by atoms with Crippen molar-refractivity contribution >= 4 is 34.2 Å². The fraction of sp³-hybridized carbons (Fsp3) is 0.250. The molecule has 1 aromatic rings. The maximum atomic E-state index is 10.7. The number of nitrogen functional groups attached to an aromatic ring is 1. The summed E-state index contributed by atoms with van der Waals surface area (Å²) in [5, 5.41) is 2.20. The van der Waals surface area contributed by atoms with Crippen LogP contribution in [0.25, 0.3) is 0 Å². The first-order chi connectivity index (χ1) is 6.63. The van der Waals surface area contributed by atoms with Crippen molar-refractivity contribution < 1.29 is 9.53 Å². The normalized spacial score (nSPS) is 10.7. The Morgan fingerprint density at radius 2 is 2.43 bits per heavy atom. The molecule has 0 fully saturated rings. The molecule has 6 heteroatoms. The van der Waals surface area contributed by atoms with Crippen molar-refractivity contribution in [2.45, 2.75) is 11.1 Å². The fourth-order valence-corrected chi connectivity index (χ4v) is 2.43. The molecule has 0 aromatic carbocycles. The molecule has 0 bridgehead atoms. The summed E-state index contributed by atoms with van der Waals surface area (Å²) in [6, 6.07) is 0. The minimum atomic E-state index is -0.368. The molecule has 0 spiro atoms. The number of thiazole rings is 1. The molecule has 2 N–H and O–H groups in total. The molecule has 0 aliphatic heterocycles. The number of aryl methyl sites for hydroxylation is 1. The van der Waals surface area contributed by atoms with E-state index >= 15 is 0 Å². The minimum absolute atomic E-state index is 0.368. The molecule has 1 rings (SSSR count). The third-order valence-electron chi connectivity index (χ3n) is 1.35. The lowest BCUT2D eigenvalue weighted by molar-refractivity contribution is -0.134. The number of carbonyl (C=O) groups is 1. The average Bonchev–Trinajstić information content (AvgIpc) is 2.45. The van der Waals surface area contributed by atoms with Gasteiger partial charge in [0.05, 0.1) is 17.0 Å². The second-order valence-corrected chi connectivity index (χ2v) is 4.57. The van der Waals surface area contributed by atoms with Crippen LogP contribution in [0.3, 0.4) is 0 Å². The standard InChI is InChI=1S/C8H10N2O2S2/c1-5-7(14-8(9)10-5)13-4-3-6(11)12-2/h3-4H,1-2H3,(H2,9,10). The average molecular weight is 230 g/mol. The molecule has 0 radical (unpaired) electrons. The van der Waals surface area contributed by atoms with Gasteiger partial charge in [-0.15, -0.1) is 0 Å². The van der Waals surface area contributed by atoms with Crippen LogP contribution < -0.4 is 5.73 Å². The Labute approximate surface area is 90.2 Å². The summed E-state index contributed by atoms with van der Waals surface area (Å²) in [4.78, 5) is 14.8. The van der Waals surface area contributed by atoms with Crippen LogP contribution in [0.2, 0.25) is 0 Å². The highest BCUT2D eigenvalue weighted by molar-refractivity contribution is 8.04. The quantitative estimate of drug-likeness (QED) is 0.487.